The van der Waals surface area contributed by atoms with Crippen molar-refractivity contribution in [3.05, 3.63) is 89.7 Å². The SMILES string of the molecule is CCSC(=NC(=O)NCCc1ccc(-c2ncn(-c3ccc(OC(F)(F)F)cc3)n2)cc1)N(CCC(F)(F)F)c1cc(C)ccc1C(C)C. The van der Waals surface area contributed by atoms with Gasteiger partial charge in [-0.15, -0.1) is 18.3 Å². The number of aliphatic imine (C=N–C) groups is 1. The highest BCUT2D eigenvalue weighted by Crippen LogP contribution is 2.33. The molecule has 49 heavy (non-hydrogen) atoms. The largest absolute Gasteiger partial charge is 0.573 e. The van der Waals surface area contributed by atoms with E-state index in [2.05, 4.69) is 25.1 Å². The van der Waals surface area contributed by atoms with Crippen LogP contribution in [0.3, 0.4) is 0 Å². The predicted molar refractivity (Wildman–Crippen MR) is 179 cm³/mol. The Labute approximate surface area is 284 Å². The van der Waals surface area contributed by atoms with Crippen molar-refractivity contribution in [3.8, 4) is 22.8 Å². The number of aromatic nitrogens is 3. The van der Waals surface area contributed by atoms with Crippen molar-refractivity contribution in [2.45, 2.75) is 59.0 Å². The van der Waals surface area contributed by atoms with E-state index in [4.69, 9.17) is 0 Å². The normalized spacial score (nSPS) is 12.3. The van der Waals surface area contributed by atoms with Crippen LogP contribution >= 0.6 is 11.8 Å². The molecule has 0 aliphatic rings. The van der Waals surface area contributed by atoms with Gasteiger partial charge in [-0.3, -0.25) is 0 Å². The Morgan fingerprint density at radius 3 is 2.33 bits per heavy atom. The van der Waals surface area contributed by atoms with E-state index in [-0.39, 0.29) is 29.9 Å². The first kappa shape index (κ1) is 37.3. The van der Waals surface area contributed by atoms with Crippen molar-refractivity contribution in [2.24, 2.45) is 4.99 Å². The number of alkyl halides is 6. The van der Waals surface area contributed by atoms with E-state index >= 15 is 0 Å². The van der Waals surface area contributed by atoms with Crippen LogP contribution in [0.4, 0.5) is 36.8 Å². The highest BCUT2D eigenvalue weighted by molar-refractivity contribution is 8.14. The number of benzene rings is 3. The van der Waals surface area contributed by atoms with E-state index in [1.165, 1.54) is 51.9 Å². The third-order valence-electron chi connectivity index (χ3n) is 7.15. The number of rotatable bonds is 11. The van der Waals surface area contributed by atoms with Gasteiger partial charge in [-0.05, 0) is 72.0 Å². The fraction of sp³-hybridized carbons (Fsp3) is 0.353. The number of thioether (sulfide) groups is 1. The standard InChI is InChI=1S/C34H36F6N6O2S/c1-5-49-32(45(19-17-33(35,36)37)29-20-23(4)6-15-28(29)22(2)3)43-31(47)41-18-16-24-7-9-25(10-8-24)30-42-21-46(44-30)26-11-13-27(14-12-26)48-34(38,39)40/h6-15,20-22H,5,16-19H2,1-4H3,(H,41,47). The second-order valence-electron chi connectivity index (χ2n) is 11.3. The maximum Gasteiger partial charge on any atom is 0.573 e. The van der Waals surface area contributed by atoms with Crippen LogP contribution < -0.4 is 15.0 Å². The summed E-state index contributed by atoms with van der Waals surface area (Å²) in [5.41, 5.74) is 4.42. The number of carbonyl (C=O) groups is 1. The molecule has 1 heterocycles. The summed E-state index contributed by atoms with van der Waals surface area (Å²) in [6, 6.07) is 17.5. The van der Waals surface area contributed by atoms with Gasteiger partial charge in [0.2, 0.25) is 0 Å². The summed E-state index contributed by atoms with van der Waals surface area (Å²) in [6.07, 6.45) is -8.34. The van der Waals surface area contributed by atoms with E-state index in [0.717, 1.165) is 16.7 Å². The molecule has 15 heteroatoms. The Kier molecular flexibility index (Phi) is 12.4. The van der Waals surface area contributed by atoms with Gasteiger partial charge in [-0.2, -0.15) is 18.2 Å². The molecule has 1 N–H and O–H groups in total. The number of aryl methyl sites for hydroxylation is 1. The monoisotopic (exact) mass is 706 g/mol. The molecule has 8 nitrogen and oxygen atoms in total. The van der Waals surface area contributed by atoms with Gasteiger partial charge in [0, 0.05) is 24.3 Å². The summed E-state index contributed by atoms with van der Waals surface area (Å²) in [7, 11) is 0. The van der Waals surface area contributed by atoms with Crippen LogP contribution in [-0.4, -0.2) is 57.3 Å². The zero-order valence-electron chi connectivity index (χ0n) is 27.3. The first-order chi connectivity index (χ1) is 23.1. The summed E-state index contributed by atoms with van der Waals surface area (Å²) >= 11 is 1.20. The van der Waals surface area contributed by atoms with E-state index in [0.29, 0.717) is 34.9 Å². The van der Waals surface area contributed by atoms with Crippen LogP contribution in [0.15, 0.2) is 78.0 Å². The van der Waals surface area contributed by atoms with Crippen molar-refractivity contribution in [1.82, 2.24) is 20.1 Å². The van der Waals surface area contributed by atoms with Crippen LogP contribution in [0.2, 0.25) is 0 Å². The predicted octanol–water partition coefficient (Wildman–Crippen LogP) is 9.08. The third-order valence-corrected chi connectivity index (χ3v) is 8.01. The quantitative estimate of drug-likeness (QED) is 0.0952. The van der Waals surface area contributed by atoms with E-state index < -0.39 is 25.0 Å². The van der Waals surface area contributed by atoms with Crippen molar-refractivity contribution < 1.29 is 35.9 Å². The van der Waals surface area contributed by atoms with E-state index in [1.807, 2.05) is 58.0 Å². The van der Waals surface area contributed by atoms with E-state index in [1.54, 1.807) is 12.1 Å². The Morgan fingerprint density at radius 1 is 1.02 bits per heavy atom. The molecule has 0 unspecified atom stereocenters. The summed E-state index contributed by atoms with van der Waals surface area (Å²) in [6.45, 7) is 7.49. The van der Waals surface area contributed by atoms with Gasteiger partial charge in [-0.25, -0.2) is 14.5 Å². The number of urea groups is 1. The molecule has 4 aromatic rings. The smallest absolute Gasteiger partial charge is 0.406 e. The van der Waals surface area contributed by atoms with Gasteiger partial charge in [-0.1, -0.05) is 68.9 Å². The van der Waals surface area contributed by atoms with Gasteiger partial charge < -0.3 is 15.0 Å². The second kappa shape index (κ2) is 16.2. The molecule has 0 bridgehead atoms. The summed E-state index contributed by atoms with van der Waals surface area (Å²) in [5.74, 6) is 0.585. The molecule has 262 valence electrons. The molecule has 0 radical (unpaired) electrons. The number of ether oxygens (including phenoxy) is 1. The lowest BCUT2D eigenvalue weighted by Gasteiger charge is -2.29. The molecule has 2 amide bonds. The lowest BCUT2D eigenvalue weighted by Crippen LogP contribution is -2.35. The summed E-state index contributed by atoms with van der Waals surface area (Å²) in [5, 5.41) is 7.33. The van der Waals surface area contributed by atoms with Gasteiger partial charge in [0.15, 0.2) is 11.0 Å². The number of hydrogen-bond acceptors (Lipinski definition) is 5. The molecular formula is C34H36F6N6O2S. The number of nitrogens with zero attached hydrogens (tertiary/aromatic N) is 5. The van der Waals surface area contributed by atoms with Crippen molar-refractivity contribution in [1.29, 1.82) is 0 Å². The molecule has 0 saturated heterocycles. The first-order valence-corrected chi connectivity index (χ1v) is 16.4. The van der Waals surface area contributed by atoms with Gasteiger partial charge in [0.25, 0.3) is 0 Å². The van der Waals surface area contributed by atoms with Gasteiger partial charge in [0.1, 0.15) is 12.1 Å². The van der Waals surface area contributed by atoms with Crippen LogP contribution in [0.25, 0.3) is 17.1 Å². The molecule has 3 aromatic carbocycles. The highest BCUT2D eigenvalue weighted by atomic mass is 32.2. The van der Waals surface area contributed by atoms with Crippen LogP contribution in [-0.2, 0) is 6.42 Å². The minimum absolute atomic E-state index is 0.0334. The molecular weight excluding hydrogens is 670 g/mol. The lowest BCUT2D eigenvalue weighted by atomic mass is 9.98. The number of halogens is 6. The zero-order valence-corrected chi connectivity index (χ0v) is 28.1. The second-order valence-corrected chi connectivity index (χ2v) is 12.5. The Morgan fingerprint density at radius 2 is 1.71 bits per heavy atom. The summed E-state index contributed by atoms with van der Waals surface area (Å²) in [4.78, 5) is 22.9. The molecule has 1 aromatic heterocycles. The number of amides is 2. The van der Waals surface area contributed by atoms with Gasteiger partial charge >= 0.3 is 18.6 Å². The maximum atomic E-state index is 13.4. The Balaban J connectivity index is 1.41. The van der Waals surface area contributed by atoms with Gasteiger partial charge in [0.05, 0.1) is 12.1 Å². The molecule has 0 saturated carbocycles. The highest BCUT2D eigenvalue weighted by Gasteiger charge is 2.31. The Hall–Kier alpha value is -4.53. The van der Waals surface area contributed by atoms with E-state index in [9.17, 15) is 31.1 Å². The molecule has 0 spiro atoms. The number of nitrogens with one attached hydrogen (secondary N) is 1. The molecule has 4 rings (SSSR count). The van der Waals surface area contributed by atoms with Crippen molar-refractivity contribution in [2.75, 3.05) is 23.7 Å². The van der Waals surface area contributed by atoms with Crippen LogP contribution in [0.5, 0.6) is 5.75 Å². The number of anilines is 1. The van der Waals surface area contributed by atoms with Crippen molar-refractivity contribution in [3.63, 3.8) is 0 Å². The molecule has 0 fully saturated rings. The van der Waals surface area contributed by atoms with Crippen LogP contribution in [0.1, 0.15) is 49.8 Å². The minimum Gasteiger partial charge on any atom is -0.406 e. The fourth-order valence-electron chi connectivity index (χ4n) is 4.81. The van der Waals surface area contributed by atoms with Crippen LogP contribution in [0, 0.1) is 6.92 Å². The number of hydrogen-bond donors (Lipinski definition) is 1. The topological polar surface area (TPSA) is 84.6 Å². The molecule has 0 aliphatic carbocycles. The number of amidine groups is 1. The fourth-order valence-corrected chi connectivity index (χ4v) is 5.57. The first-order valence-electron chi connectivity index (χ1n) is 15.4. The lowest BCUT2D eigenvalue weighted by molar-refractivity contribution is -0.274. The molecule has 0 aliphatic heterocycles. The average Bonchev–Trinajstić information content (AvgIpc) is 3.51. The summed E-state index contributed by atoms with van der Waals surface area (Å²) < 4.78 is 82.7. The Bertz CT molecular complexity index is 1720. The maximum absolute atomic E-state index is 13.4. The van der Waals surface area contributed by atoms with Crippen molar-refractivity contribution >= 4 is 28.6 Å². The number of carbonyl (C=O) groups excluding carboxylic acids is 1. The minimum atomic E-state index is -4.78. The molecule has 0 atom stereocenters. The average molecular weight is 707 g/mol. The zero-order chi connectivity index (χ0) is 35.8. The third kappa shape index (κ3) is 11.3.